The highest BCUT2D eigenvalue weighted by Crippen LogP contribution is 2.35. The van der Waals surface area contributed by atoms with E-state index in [-0.39, 0.29) is 41.9 Å². The Kier molecular flexibility index (Phi) is 6.43. The molecule has 2 fully saturated rings. The predicted molar refractivity (Wildman–Crippen MR) is 134 cm³/mol. The van der Waals surface area contributed by atoms with Gasteiger partial charge in [0, 0.05) is 24.5 Å². The number of nitrogens with two attached hydrogens (primary N) is 1. The van der Waals surface area contributed by atoms with E-state index in [0.29, 0.717) is 24.1 Å². The summed E-state index contributed by atoms with van der Waals surface area (Å²) in [7, 11) is 0. The third-order valence-corrected chi connectivity index (χ3v) is 7.15. The zero-order chi connectivity index (χ0) is 26.1. The first-order valence-corrected chi connectivity index (χ1v) is 12.1. The number of Topliss-reactive ketones (excluding diaryl/α,β-unsaturated/α-hetero) is 1. The van der Waals surface area contributed by atoms with E-state index >= 15 is 0 Å². The van der Waals surface area contributed by atoms with Crippen LogP contribution in [0.4, 0.5) is 0 Å². The van der Waals surface area contributed by atoms with Crippen molar-refractivity contribution in [2.45, 2.75) is 30.8 Å². The first kappa shape index (κ1) is 24.2. The molecule has 37 heavy (non-hydrogen) atoms. The third-order valence-electron chi connectivity index (χ3n) is 7.15. The summed E-state index contributed by atoms with van der Waals surface area (Å²) < 4.78 is 0. The quantitative estimate of drug-likeness (QED) is 0.533. The number of rotatable bonds is 6. The number of aromatic hydroxyl groups is 1. The van der Waals surface area contributed by atoms with Gasteiger partial charge in [-0.1, -0.05) is 30.3 Å². The minimum atomic E-state index is -0.789. The monoisotopic (exact) mass is 498 g/mol. The third kappa shape index (κ3) is 4.55. The second-order valence-corrected chi connectivity index (χ2v) is 9.35. The maximum absolute atomic E-state index is 14.1. The first-order chi connectivity index (χ1) is 17.8. The molecule has 3 aromatic rings. The molecule has 0 saturated carbocycles. The number of primary amides is 1. The highest BCUT2D eigenvalue weighted by molar-refractivity contribution is 6.03. The molecule has 2 aliphatic heterocycles. The van der Waals surface area contributed by atoms with Crippen LogP contribution < -0.4 is 5.73 Å². The van der Waals surface area contributed by atoms with Crippen molar-refractivity contribution in [2.75, 3.05) is 13.1 Å². The lowest BCUT2D eigenvalue weighted by Gasteiger charge is -2.29. The molecule has 1 aromatic heterocycles. The normalized spacial score (nSPS) is 19.5. The lowest BCUT2D eigenvalue weighted by atomic mass is 9.87. The zero-order valence-electron chi connectivity index (χ0n) is 20.0. The van der Waals surface area contributed by atoms with Crippen LogP contribution in [0.25, 0.3) is 0 Å². The van der Waals surface area contributed by atoms with Crippen molar-refractivity contribution >= 4 is 23.5 Å². The van der Waals surface area contributed by atoms with Crippen molar-refractivity contribution in [1.29, 1.82) is 0 Å². The van der Waals surface area contributed by atoms with Crippen LogP contribution in [0.2, 0.25) is 0 Å². The number of benzene rings is 2. The van der Waals surface area contributed by atoms with E-state index in [1.54, 1.807) is 59.6 Å². The van der Waals surface area contributed by atoms with Crippen molar-refractivity contribution in [1.82, 2.24) is 14.8 Å². The fourth-order valence-corrected chi connectivity index (χ4v) is 5.42. The van der Waals surface area contributed by atoms with Crippen molar-refractivity contribution in [3.63, 3.8) is 0 Å². The van der Waals surface area contributed by atoms with Crippen molar-refractivity contribution in [3.8, 4) is 5.75 Å². The van der Waals surface area contributed by atoms with Gasteiger partial charge in [-0.05, 0) is 54.3 Å². The Morgan fingerprint density at radius 2 is 1.78 bits per heavy atom. The molecule has 0 spiro atoms. The van der Waals surface area contributed by atoms with E-state index in [1.165, 1.54) is 23.2 Å². The van der Waals surface area contributed by atoms with Crippen LogP contribution in [0, 0.1) is 0 Å². The van der Waals surface area contributed by atoms with Gasteiger partial charge in [0.15, 0.2) is 5.78 Å². The molecule has 2 aromatic carbocycles. The van der Waals surface area contributed by atoms with Crippen LogP contribution in [-0.2, 0) is 16.0 Å². The van der Waals surface area contributed by atoms with Gasteiger partial charge in [0.25, 0.3) is 5.91 Å². The number of hydrogen-bond acceptors (Lipinski definition) is 6. The standard InChI is InChI=1S/C28H26N4O5/c29-26(35)21-6-2-1-5-20(21)22(14-17-7-9-19(33)10-8-17)28(37)31-13-11-23-25(31)24(34)16-32(23)27(36)18-4-3-12-30-15-18/h1-10,12,15,22-23,25,33H,11,13-14,16H2,(H2,29,35)/t22-,23?,25?/m0/s1. The fourth-order valence-electron chi connectivity index (χ4n) is 5.42. The summed E-state index contributed by atoms with van der Waals surface area (Å²) in [6, 6.07) is 15.3. The number of carbonyl (C=O) groups excluding carboxylic acids is 4. The summed E-state index contributed by atoms with van der Waals surface area (Å²) in [6.45, 7) is 0.231. The molecule has 3 N–H and O–H groups in total. The highest BCUT2D eigenvalue weighted by atomic mass is 16.3. The molecule has 5 rings (SSSR count). The van der Waals surface area contributed by atoms with Gasteiger partial charge in [0.05, 0.1) is 24.1 Å². The molecule has 9 nitrogen and oxygen atoms in total. The van der Waals surface area contributed by atoms with Gasteiger partial charge in [-0.15, -0.1) is 0 Å². The van der Waals surface area contributed by atoms with Gasteiger partial charge < -0.3 is 20.6 Å². The fraction of sp³-hybridized carbons (Fsp3) is 0.250. The number of amides is 3. The zero-order valence-corrected chi connectivity index (χ0v) is 20.0. The molecular formula is C28H26N4O5. The lowest BCUT2D eigenvalue weighted by molar-refractivity contribution is -0.137. The van der Waals surface area contributed by atoms with Crippen molar-refractivity contribution < 1.29 is 24.3 Å². The summed E-state index contributed by atoms with van der Waals surface area (Å²) in [6.07, 6.45) is 3.75. The molecular weight excluding hydrogens is 472 g/mol. The molecule has 2 unspecified atom stereocenters. The van der Waals surface area contributed by atoms with Crippen LogP contribution in [0.15, 0.2) is 73.1 Å². The molecule has 188 valence electrons. The van der Waals surface area contributed by atoms with Crippen molar-refractivity contribution in [2.24, 2.45) is 5.73 Å². The van der Waals surface area contributed by atoms with E-state index in [2.05, 4.69) is 4.98 Å². The topological polar surface area (TPSA) is 134 Å². The molecule has 0 aliphatic carbocycles. The maximum Gasteiger partial charge on any atom is 0.256 e. The average Bonchev–Trinajstić information content (AvgIpc) is 3.49. The van der Waals surface area contributed by atoms with Crippen LogP contribution >= 0.6 is 0 Å². The van der Waals surface area contributed by atoms with E-state index < -0.39 is 23.9 Å². The summed E-state index contributed by atoms with van der Waals surface area (Å²) in [5.41, 5.74) is 7.51. The minimum absolute atomic E-state index is 0.0760. The maximum atomic E-state index is 14.1. The molecule has 3 amide bonds. The Bertz CT molecular complexity index is 1360. The number of phenolic OH excluding ortho intramolecular Hbond substituents is 1. The Hall–Kier alpha value is -4.53. The van der Waals surface area contributed by atoms with Gasteiger partial charge in [0.1, 0.15) is 11.8 Å². The number of hydrogen-bond donors (Lipinski definition) is 2. The molecule has 0 radical (unpaired) electrons. The molecule has 3 heterocycles. The second-order valence-electron chi connectivity index (χ2n) is 9.35. The Morgan fingerprint density at radius 3 is 2.49 bits per heavy atom. The average molecular weight is 499 g/mol. The smallest absolute Gasteiger partial charge is 0.256 e. The largest absolute Gasteiger partial charge is 0.508 e. The molecule has 2 saturated heterocycles. The van der Waals surface area contributed by atoms with Gasteiger partial charge in [-0.25, -0.2) is 0 Å². The predicted octanol–water partition coefficient (Wildman–Crippen LogP) is 1.91. The van der Waals surface area contributed by atoms with E-state index in [1.807, 2.05) is 0 Å². The van der Waals surface area contributed by atoms with Crippen LogP contribution in [-0.4, -0.2) is 68.6 Å². The minimum Gasteiger partial charge on any atom is -0.508 e. The van der Waals surface area contributed by atoms with Gasteiger partial charge in [-0.3, -0.25) is 24.2 Å². The summed E-state index contributed by atoms with van der Waals surface area (Å²) in [4.78, 5) is 59.6. The number of fused-ring (bicyclic) bond motifs is 1. The second kappa shape index (κ2) is 9.85. The van der Waals surface area contributed by atoms with E-state index in [0.717, 1.165) is 5.56 Å². The molecule has 9 heteroatoms. The van der Waals surface area contributed by atoms with Gasteiger partial charge >= 0.3 is 0 Å². The Labute approximate surface area is 213 Å². The Balaban J connectivity index is 1.46. The number of nitrogens with zero attached hydrogens (tertiary/aromatic N) is 3. The summed E-state index contributed by atoms with van der Waals surface area (Å²) in [5.74, 6) is -2.13. The number of likely N-dealkylation sites (tertiary alicyclic amines) is 2. The lowest BCUT2D eigenvalue weighted by Crippen LogP contribution is -2.45. The molecule has 2 aliphatic rings. The summed E-state index contributed by atoms with van der Waals surface area (Å²) >= 11 is 0. The number of ketones is 1. The molecule has 0 bridgehead atoms. The van der Waals surface area contributed by atoms with Crippen molar-refractivity contribution in [3.05, 3.63) is 95.3 Å². The van der Waals surface area contributed by atoms with E-state index in [4.69, 9.17) is 5.73 Å². The van der Waals surface area contributed by atoms with Gasteiger partial charge in [0.2, 0.25) is 11.8 Å². The number of aromatic nitrogens is 1. The highest BCUT2D eigenvalue weighted by Gasteiger charge is 2.52. The van der Waals surface area contributed by atoms with Crippen LogP contribution in [0.3, 0.4) is 0 Å². The number of phenols is 1. The molecule has 3 atom stereocenters. The summed E-state index contributed by atoms with van der Waals surface area (Å²) in [5, 5.41) is 9.68. The van der Waals surface area contributed by atoms with Gasteiger partial charge in [-0.2, -0.15) is 0 Å². The van der Waals surface area contributed by atoms with Crippen LogP contribution in [0.1, 0.15) is 44.2 Å². The number of carbonyl (C=O) groups is 4. The Morgan fingerprint density at radius 1 is 1.03 bits per heavy atom. The van der Waals surface area contributed by atoms with Crippen LogP contribution in [0.5, 0.6) is 5.75 Å². The number of pyridine rings is 1. The van der Waals surface area contributed by atoms with E-state index in [9.17, 15) is 24.3 Å². The SMILES string of the molecule is NC(=O)c1ccccc1[C@H](Cc1ccc(O)cc1)C(=O)N1CCC2C1C(=O)CN2C(=O)c1cccnc1. The first-order valence-electron chi connectivity index (χ1n) is 12.1.